The summed E-state index contributed by atoms with van der Waals surface area (Å²) in [5, 5.41) is 9.86. The number of nitrogens with one attached hydrogen (secondary N) is 1. The Bertz CT molecular complexity index is 1390. The molecule has 2 aromatic heterocycles. The van der Waals surface area contributed by atoms with E-state index in [9.17, 15) is 4.79 Å². The Morgan fingerprint density at radius 1 is 0.906 bits per heavy atom. The molecule has 5 nitrogen and oxygen atoms in total. The highest BCUT2D eigenvalue weighted by molar-refractivity contribution is 6.08. The largest absolute Gasteiger partial charge is 0.350 e. The molecule has 158 valence electrons. The van der Waals surface area contributed by atoms with Crippen molar-refractivity contribution in [3.63, 3.8) is 0 Å². The van der Waals surface area contributed by atoms with Crippen molar-refractivity contribution < 1.29 is 4.79 Å². The smallest absolute Gasteiger partial charge is 0.242 e. The molecule has 0 atom stereocenters. The minimum Gasteiger partial charge on any atom is -0.350 e. The number of hydrogen-bond donors (Lipinski definition) is 1. The van der Waals surface area contributed by atoms with Gasteiger partial charge in [0, 0.05) is 29.1 Å². The van der Waals surface area contributed by atoms with Gasteiger partial charge in [-0.15, -0.1) is 0 Å². The molecule has 3 aromatic carbocycles. The van der Waals surface area contributed by atoms with Crippen molar-refractivity contribution >= 4 is 27.7 Å². The molecule has 5 aromatic rings. The van der Waals surface area contributed by atoms with Crippen LogP contribution < -0.4 is 5.32 Å². The van der Waals surface area contributed by atoms with E-state index in [1.807, 2.05) is 77.6 Å². The van der Waals surface area contributed by atoms with Crippen LogP contribution in [0.3, 0.4) is 0 Å². The maximum atomic E-state index is 12.8. The Kier molecular flexibility index (Phi) is 5.38. The first-order chi connectivity index (χ1) is 15.7. The van der Waals surface area contributed by atoms with Crippen LogP contribution in [0, 0.1) is 0 Å². The highest BCUT2D eigenvalue weighted by Crippen LogP contribution is 2.32. The third-order valence-corrected chi connectivity index (χ3v) is 5.72. The molecule has 0 bridgehead atoms. The molecule has 2 heterocycles. The average molecular weight is 421 g/mol. The molecule has 1 N–H and O–H groups in total. The first-order valence-corrected chi connectivity index (χ1v) is 10.9. The lowest BCUT2D eigenvalue weighted by Gasteiger charge is -2.08. The van der Waals surface area contributed by atoms with Gasteiger partial charge in [-0.2, -0.15) is 5.10 Å². The van der Waals surface area contributed by atoms with Gasteiger partial charge in [-0.25, -0.2) is 0 Å². The number of aryl methyl sites for hydroxylation is 1. The second kappa shape index (κ2) is 8.63. The third-order valence-electron chi connectivity index (χ3n) is 5.72. The fourth-order valence-electron chi connectivity index (χ4n) is 4.03. The molecule has 5 heteroatoms. The summed E-state index contributed by atoms with van der Waals surface area (Å²) in [4.78, 5) is 17.5. The van der Waals surface area contributed by atoms with Gasteiger partial charge in [-0.05, 0) is 29.7 Å². The van der Waals surface area contributed by atoms with E-state index in [4.69, 9.17) is 5.10 Å². The molecule has 0 aliphatic rings. The molecule has 1 amide bonds. The standard InChI is InChI=1S/C27H24N4O/c1-2-19-13-14-24-22(15-19)27-23(17-28-24)26(21-11-7-4-8-12-21)30-31(27)18-25(32)29-16-20-9-5-3-6-10-20/h3-15,17H,2,16,18H2,1H3,(H,29,32). The number of carbonyl (C=O) groups excluding carboxylic acids is 1. The molecule has 0 spiro atoms. The quantitative estimate of drug-likeness (QED) is 0.414. The Morgan fingerprint density at radius 2 is 1.66 bits per heavy atom. The van der Waals surface area contributed by atoms with Crippen molar-refractivity contribution in [2.75, 3.05) is 0 Å². The summed E-state index contributed by atoms with van der Waals surface area (Å²) >= 11 is 0. The molecule has 0 fully saturated rings. The summed E-state index contributed by atoms with van der Waals surface area (Å²) in [6.45, 7) is 2.77. The van der Waals surface area contributed by atoms with Crippen LogP contribution in [0.4, 0.5) is 0 Å². The zero-order valence-corrected chi connectivity index (χ0v) is 18.0. The summed E-state index contributed by atoms with van der Waals surface area (Å²) in [5.41, 5.74) is 5.99. The van der Waals surface area contributed by atoms with Crippen LogP contribution in [0.25, 0.3) is 33.1 Å². The molecular weight excluding hydrogens is 396 g/mol. The molecule has 0 saturated carbocycles. The topological polar surface area (TPSA) is 59.8 Å². The highest BCUT2D eigenvalue weighted by Gasteiger charge is 2.18. The molecule has 32 heavy (non-hydrogen) atoms. The van der Waals surface area contributed by atoms with Crippen LogP contribution in [0.5, 0.6) is 0 Å². The number of nitrogens with zero attached hydrogens (tertiary/aromatic N) is 3. The monoisotopic (exact) mass is 420 g/mol. The normalized spacial score (nSPS) is 11.2. The van der Waals surface area contributed by atoms with Crippen molar-refractivity contribution in [2.24, 2.45) is 0 Å². The number of aromatic nitrogens is 3. The van der Waals surface area contributed by atoms with Gasteiger partial charge in [0.25, 0.3) is 0 Å². The minimum absolute atomic E-state index is 0.0746. The molecule has 0 radical (unpaired) electrons. The summed E-state index contributed by atoms with van der Waals surface area (Å²) in [7, 11) is 0. The zero-order valence-electron chi connectivity index (χ0n) is 18.0. The molecular formula is C27H24N4O. The molecule has 0 aliphatic heterocycles. The van der Waals surface area contributed by atoms with Crippen molar-refractivity contribution in [1.29, 1.82) is 0 Å². The van der Waals surface area contributed by atoms with Gasteiger partial charge in [-0.1, -0.05) is 73.7 Å². The number of pyridine rings is 1. The van der Waals surface area contributed by atoms with Gasteiger partial charge in [0.2, 0.25) is 5.91 Å². The molecule has 0 aliphatic carbocycles. The molecule has 5 rings (SSSR count). The van der Waals surface area contributed by atoms with Crippen LogP contribution in [0.2, 0.25) is 0 Å². The van der Waals surface area contributed by atoms with Crippen LogP contribution in [0.15, 0.2) is 85.1 Å². The van der Waals surface area contributed by atoms with E-state index in [2.05, 4.69) is 29.4 Å². The lowest BCUT2D eigenvalue weighted by Crippen LogP contribution is -2.27. The maximum absolute atomic E-state index is 12.8. The fourth-order valence-corrected chi connectivity index (χ4v) is 4.03. The van der Waals surface area contributed by atoms with Crippen LogP contribution >= 0.6 is 0 Å². The van der Waals surface area contributed by atoms with E-state index in [1.54, 1.807) is 0 Å². The number of hydrogen-bond acceptors (Lipinski definition) is 3. The van der Waals surface area contributed by atoms with Crippen molar-refractivity contribution in [3.8, 4) is 11.3 Å². The predicted octanol–water partition coefficient (Wildman–Crippen LogP) is 5.13. The Balaban J connectivity index is 1.58. The van der Waals surface area contributed by atoms with Gasteiger partial charge in [0.1, 0.15) is 12.2 Å². The summed E-state index contributed by atoms with van der Waals surface area (Å²) in [6.07, 6.45) is 2.81. The number of carbonyl (C=O) groups is 1. The van der Waals surface area contributed by atoms with Crippen molar-refractivity contribution in [3.05, 3.63) is 96.2 Å². The van der Waals surface area contributed by atoms with E-state index in [-0.39, 0.29) is 12.5 Å². The van der Waals surface area contributed by atoms with Crippen LogP contribution in [-0.4, -0.2) is 20.7 Å². The first kappa shape index (κ1) is 19.9. The highest BCUT2D eigenvalue weighted by atomic mass is 16.2. The van der Waals surface area contributed by atoms with E-state index in [0.29, 0.717) is 6.54 Å². The number of fused-ring (bicyclic) bond motifs is 3. The number of rotatable bonds is 6. The summed E-state index contributed by atoms with van der Waals surface area (Å²) in [5.74, 6) is -0.0746. The first-order valence-electron chi connectivity index (χ1n) is 10.9. The van der Waals surface area contributed by atoms with Crippen molar-refractivity contribution in [1.82, 2.24) is 20.1 Å². The maximum Gasteiger partial charge on any atom is 0.242 e. The number of benzene rings is 3. The second-order valence-electron chi connectivity index (χ2n) is 7.86. The molecule has 0 saturated heterocycles. The van der Waals surface area contributed by atoms with E-state index in [1.165, 1.54) is 5.56 Å². The average Bonchev–Trinajstić information content (AvgIpc) is 3.22. The molecule has 0 unspecified atom stereocenters. The van der Waals surface area contributed by atoms with Crippen LogP contribution in [-0.2, 0) is 24.3 Å². The van der Waals surface area contributed by atoms with Gasteiger partial charge in [0.15, 0.2) is 0 Å². The minimum atomic E-state index is -0.0746. The lowest BCUT2D eigenvalue weighted by atomic mass is 10.0. The SMILES string of the molecule is CCc1ccc2ncc3c(-c4ccccc4)nn(CC(=O)NCc4ccccc4)c3c2c1. The Labute approximate surface area is 186 Å². The zero-order chi connectivity index (χ0) is 21.9. The van der Waals surface area contributed by atoms with Gasteiger partial charge < -0.3 is 5.32 Å². The van der Waals surface area contributed by atoms with Gasteiger partial charge in [0.05, 0.1) is 11.0 Å². The predicted molar refractivity (Wildman–Crippen MR) is 128 cm³/mol. The second-order valence-corrected chi connectivity index (χ2v) is 7.86. The Morgan fingerprint density at radius 3 is 2.41 bits per heavy atom. The number of amides is 1. The Hall–Kier alpha value is -3.99. The van der Waals surface area contributed by atoms with Crippen molar-refractivity contribution in [2.45, 2.75) is 26.4 Å². The van der Waals surface area contributed by atoms with Gasteiger partial charge >= 0.3 is 0 Å². The van der Waals surface area contributed by atoms with E-state index < -0.39 is 0 Å². The summed E-state index contributed by atoms with van der Waals surface area (Å²) < 4.78 is 1.82. The lowest BCUT2D eigenvalue weighted by molar-refractivity contribution is -0.121. The third kappa shape index (κ3) is 3.85. The fraction of sp³-hybridized carbons (Fsp3) is 0.148. The van der Waals surface area contributed by atoms with E-state index in [0.717, 1.165) is 45.0 Å². The van der Waals surface area contributed by atoms with Crippen LogP contribution in [0.1, 0.15) is 18.1 Å². The van der Waals surface area contributed by atoms with Gasteiger partial charge in [-0.3, -0.25) is 14.5 Å². The summed E-state index contributed by atoms with van der Waals surface area (Å²) in [6, 6.07) is 26.3. The van der Waals surface area contributed by atoms with E-state index >= 15 is 0 Å².